The minimum Gasteiger partial charge on any atom is -0.507 e. The number of halogens is 5. The Hall–Kier alpha value is -3.22. The van der Waals surface area contributed by atoms with Gasteiger partial charge in [0, 0.05) is 17.3 Å². The molecule has 0 saturated heterocycles. The van der Waals surface area contributed by atoms with Crippen LogP contribution in [0, 0.1) is 29.1 Å². The lowest BCUT2D eigenvalue weighted by atomic mass is 9.83. The first-order valence-electron chi connectivity index (χ1n) is 9.00. The Morgan fingerprint density at radius 3 is 1.83 bits per heavy atom. The second-order valence-electron chi connectivity index (χ2n) is 7.75. The molecule has 0 aromatic heterocycles. The summed E-state index contributed by atoms with van der Waals surface area (Å²) in [4.78, 5) is 3.48. The van der Waals surface area contributed by atoms with Crippen LogP contribution >= 0.6 is 0 Å². The first-order chi connectivity index (χ1) is 14.0. The average molecular weight is 419 g/mol. The Balaban J connectivity index is 2.20. The predicted octanol–water partition coefficient (Wildman–Crippen LogP) is 6.80. The summed E-state index contributed by atoms with van der Waals surface area (Å²) in [6.45, 7) is 5.59. The molecule has 0 aliphatic rings. The van der Waals surface area contributed by atoms with Crippen LogP contribution in [0.4, 0.5) is 27.6 Å². The van der Waals surface area contributed by atoms with E-state index in [1.165, 1.54) is 6.07 Å². The van der Waals surface area contributed by atoms with E-state index in [0.29, 0.717) is 11.1 Å². The van der Waals surface area contributed by atoms with Crippen molar-refractivity contribution in [2.45, 2.75) is 26.2 Å². The van der Waals surface area contributed by atoms with Crippen LogP contribution in [0.5, 0.6) is 5.75 Å². The molecular formula is C23H18F5NO. The largest absolute Gasteiger partial charge is 0.507 e. The van der Waals surface area contributed by atoms with Crippen molar-refractivity contribution in [2.75, 3.05) is 0 Å². The summed E-state index contributed by atoms with van der Waals surface area (Å²) in [6, 6.07) is 12.5. The highest BCUT2D eigenvalue weighted by Gasteiger charge is 2.26. The Labute approximate surface area is 170 Å². The molecule has 1 N–H and O–H groups in total. The van der Waals surface area contributed by atoms with Gasteiger partial charge in [0.1, 0.15) is 11.4 Å². The highest BCUT2D eigenvalue weighted by Crippen LogP contribution is 2.37. The van der Waals surface area contributed by atoms with Crippen LogP contribution in [0.15, 0.2) is 47.5 Å². The second-order valence-corrected chi connectivity index (χ2v) is 7.75. The van der Waals surface area contributed by atoms with E-state index >= 15 is 0 Å². The Morgan fingerprint density at radius 2 is 1.30 bits per heavy atom. The summed E-state index contributed by atoms with van der Waals surface area (Å²) in [5, 5.41) is 10.7. The molecule has 3 rings (SSSR count). The van der Waals surface area contributed by atoms with E-state index in [1.807, 2.05) is 51.1 Å². The molecule has 2 nitrogen and oxygen atoms in total. The topological polar surface area (TPSA) is 32.6 Å². The van der Waals surface area contributed by atoms with Gasteiger partial charge < -0.3 is 5.11 Å². The smallest absolute Gasteiger partial charge is 0.200 e. The summed E-state index contributed by atoms with van der Waals surface area (Å²) in [5.74, 6) is -10.7. The van der Waals surface area contributed by atoms with Crippen molar-refractivity contribution < 1.29 is 27.1 Å². The monoisotopic (exact) mass is 419 g/mol. The fourth-order valence-electron chi connectivity index (χ4n) is 2.97. The maximum atomic E-state index is 13.9. The normalized spacial score (nSPS) is 12.0. The zero-order valence-electron chi connectivity index (χ0n) is 16.4. The number of nitrogens with zero attached hydrogens (tertiary/aromatic N) is 1. The predicted molar refractivity (Wildman–Crippen MR) is 106 cm³/mol. The zero-order valence-corrected chi connectivity index (χ0v) is 16.4. The molecule has 3 aromatic rings. The van der Waals surface area contributed by atoms with Crippen molar-refractivity contribution in [3.63, 3.8) is 0 Å². The van der Waals surface area contributed by atoms with Gasteiger partial charge in [-0.2, -0.15) is 0 Å². The van der Waals surface area contributed by atoms with Crippen LogP contribution < -0.4 is 0 Å². The summed E-state index contributed by atoms with van der Waals surface area (Å²) >= 11 is 0. The van der Waals surface area contributed by atoms with Gasteiger partial charge in [-0.15, -0.1) is 0 Å². The quantitative estimate of drug-likeness (QED) is 0.215. The number of hydrogen-bond acceptors (Lipinski definition) is 2. The van der Waals surface area contributed by atoms with Crippen molar-refractivity contribution in [1.29, 1.82) is 0 Å². The minimum absolute atomic E-state index is 0.0743. The maximum absolute atomic E-state index is 13.9. The van der Waals surface area contributed by atoms with E-state index in [2.05, 4.69) is 4.99 Å². The summed E-state index contributed by atoms with van der Waals surface area (Å²) < 4.78 is 67.9. The fraction of sp³-hybridized carbons (Fsp3) is 0.174. The van der Waals surface area contributed by atoms with Crippen LogP contribution in [0.3, 0.4) is 0 Å². The molecule has 0 aliphatic heterocycles. The molecule has 0 spiro atoms. The highest BCUT2D eigenvalue weighted by atomic mass is 19.2. The maximum Gasteiger partial charge on any atom is 0.200 e. The van der Waals surface area contributed by atoms with Gasteiger partial charge >= 0.3 is 0 Å². The van der Waals surface area contributed by atoms with E-state index in [4.69, 9.17) is 0 Å². The molecule has 0 amide bonds. The lowest BCUT2D eigenvalue weighted by Gasteiger charge is -2.22. The molecule has 0 radical (unpaired) electrons. The number of phenolic OH excluding ortho intramolecular Hbond substituents is 1. The number of benzene rings is 3. The lowest BCUT2D eigenvalue weighted by molar-refractivity contribution is 0.381. The summed E-state index contributed by atoms with van der Waals surface area (Å²) in [7, 11) is 0. The van der Waals surface area contributed by atoms with Crippen molar-refractivity contribution in [3.8, 4) is 16.9 Å². The second kappa shape index (κ2) is 7.89. The van der Waals surface area contributed by atoms with Gasteiger partial charge in [0.25, 0.3) is 0 Å². The molecular weight excluding hydrogens is 401 g/mol. The summed E-state index contributed by atoms with van der Waals surface area (Å²) in [6.07, 6.45) is 0.884. The summed E-state index contributed by atoms with van der Waals surface area (Å²) in [5.41, 5.74) is 0.287. The first-order valence-corrected chi connectivity index (χ1v) is 9.00. The van der Waals surface area contributed by atoms with E-state index < -0.39 is 40.2 Å². The third kappa shape index (κ3) is 3.92. The third-order valence-corrected chi connectivity index (χ3v) is 4.57. The van der Waals surface area contributed by atoms with Crippen LogP contribution in [0.25, 0.3) is 11.1 Å². The van der Waals surface area contributed by atoms with Gasteiger partial charge in [-0.1, -0.05) is 51.1 Å². The van der Waals surface area contributed by atoms with Crippen LogP contribution in [0.2, 0.25) is 0 Å². The molecule has 0 heterocycles. The van der Waals surface area contributed by atoms with Gasteiger partial charge in [-0.05, 0) is 28.7 Å². The van der Waals surface area contributed by atoms with Crippen molar-refractivity contribution in [1.82, 2.24) is 0 Å². The molecule has 0 atom stereocenters. The standard InChI is InChI=1S/C23H18F5NO/c1-23(2,3)15-10-13(12-7-5-4-6-8-12)9-14(22(15)30)11-29-21-19(27)17(25)16(24)18(26)20(21)28/h4-11,30H,1-3H3. The number of rotatable bonds is 3. The Morgan fingerprint density at radius 1 is 0.767 bits per heavy atom. The molecule has 0 aliphatic carbocycles. The minimum atomic E-state index is -2.26. The molecule has 3 aromatic carbocycles. The molecule has 0 saturated carbocycles. The van der Waals surface area contributed by atoms with Gasteiger partial charge in [-0.25, -0.2) is 26.9 Å². The molecule has 7 heteroatoms. The zero-order chi connectivity index (χ0) is 22.2. The van der Waals surface area contributed by atoms with Gasteiger partial charge in [-0.3, -0.25) is 0 Å². The molecule has 0 bridgehead atoms. The molecule has 156 valence electrons. The Bertz CT molecular complexity index is 1110. The Kier molecular flexibility index (Phi) is 5.65. The lowest BCUT2D eigenvalue weighted by Crippen LogP contribution is -2.12. The number of aliphatic imine (C=N–C) groups is 1. The van der Waals surface area contributed by atoms with Gasteiger partial charge in [0.15, 0.2) is 23.3 Å². The number of hydrogen-bond donors (Lipinski definition) is 1. The van der Waals surface area contributed by atoms with Crippen LogP contribution in [0.1, 0.15) is 31.9 Å². The van der Waals surface area contributed by atoms with E-state index in [-0.39, 0.29) is 11.3 Å². The van der Waals surface area contributed by atoms with Crippen LogP contribution in [-0.4, -0.2) is 11.3 Å². The van der Waals surface area contributed by atoms with Crippen molar-refractivity contribution >= 4 is 11.9 Å². The molecule has 0 fully saturated rings. The molecule has 30 heavy (non-hydrogen) atoms. The van der Waals surface area contributed by atoms with E-state index in [0.717, 1.165) is 11.8 Å². The van der Waals surface area contributed by atoms with Crippen molar-refractivity contribution in [2.24, 2.45) is 4.99 Å². The SMILES string of the molecule is CC(C)(C)c1cc(-c2ccccc2)cc(C=Nc2c(F)c(F)c(F)c(F)c2F)c1O. The van der Waals surface area contributed by atoms with Crippen LogP contribution in [-0.2, 0) is 5.41 Å². The van der Waals surface area contributed by atoms with E-state index in [9.17, 15) is 27.1 Å². The fourth-order valence-corrected chi connectivity index (χ4v) is 2.97. The average Bonchev–Trinajstić information content (AvgIpc) is 2.71. The first kappa shape index (κ1) is 21.5. The van der Waals surface area contributed by atoms with Gasteiger partial charge in [0.2, 0.25) is 5.82 Å². The van der Waals surface area contributed by atoms with Crippen molar-refractivity contribution in [3.05, 3.63) is 82.7 Å². The third-order valence-electron chi connectivity index (χ3n) is 4.57. The van der Waals surface area contributed by atoms with Gasteiger partial charge in [0.05, 0.1) is 0 Å². The molecule has 0 unspecified atom stereocenters. The van der Waals surface area contributed by atoms with E-state index in [1.54, 1.807) is 6.07 Å². The highest BCUT2D eigenvalue weighted by molar-refractivity contribution is 5.89. The number of phenols is 1. The number of aromatic hydroxyl groups is 1.